The molecule has 0 bridgehead atoms. The highest BCUT2D eigenvalue weighted by Gasteiger charge is 2.34. The zero-order valence-corrected chi connectivity index (χ0v) is 32.2. The Kier molecular flexibility index (Phi) is 23.6. The highest BCUT2D eigenvalue weighted by atomic mass is 16.6. The Morgan fingerprint density at radius 1 is 0.780 bits per heavy atom. The number of amides is 5. The summed E-state index contributed by atoms with van der Waals surface area (Å²) in [6.45, 7) is 20.9. The van der Waals surface area contributed by atoms with Crippen molar-refractivity contribution in [3.8, 4) is 0 Å². The number of nitrogens with one attached hydrogen (secondary N) is 2. The predicted molar refractivity (Wildman–Crippen MR) is 190 cm³/mol. The summed E-state index contributed by atoms with van der Waals surface area (Å²) in [5, 5.41) is 5.30. The molecule has 1 heterocycles. The average Bonchev–Trinajstić information content (AvgIpc) is 3.31. The maximum Gasteiger partial charge on any atom is 0.312 e. The lowest BCUT2D eigenvalue weighted by Crippen LogP contribution is -2.46. The standard InChI is InChI=1S/C31H54N4O10.C5H12/c1-22(2)28(24(36)21-23(29(40)31(3,4)5)7-6-11-33-30(32)41)34-25(37)10-13-42-15-17-44-19-20-45-18-16-43-14-12-35-26(38)8-9-27(35)39;1-5(2,3)4/h22-23,28H,6-21H2,1-5H3,(H,34,37)(H3,32,33,41);1-4H3/t23-,28+;/m1./s1. The van der Waals surface area contributed by atoms with Gasteiger partial charge in [0, 0.05) is 43.6 Å². The van der Waals surface area contributed by atoms with Gasteiger partial charge in [0.05, 0.1) is 65.4 Å². The van der Waals surface area contributed by atoms with Gasteiger partial charge in [-0.15, -0.1) is 0 Å². The van der Waals surface area contributed by atoms with E-state index in [2.05, 4.69) is 38.3 Å². The quantitative estimate of drug-likeness (QED) is 0.0932. The molecule has 0 aromatic rings. The van der Waals surface area contributed by atoms with Crippen LogP contribution in [0.1, 0.15) is 101 Å². The zero-order chi connectivity index (χ0) is 38.3. The van der Waals surface area contributed by atoms with Gasteiger partial charge in [-0.3, -0.25) is 28.9 Å². The third-order valence-electron chi connectivity index (χ3n) is 7.12. The summed E-state index contributed by atoms with van der Waals surface area (Å²) in [6, 6.07) is -1.37. The van der Waals surface area contributed by atoms with E-state index in [1.165, 1.54) is 4.90 Å². The molecule has 0 unspecified atom stereocenters. The molecule has 0 aromatic carbocycles. The van der Waals surface area contributed by atoms with Gasteiger partial charge in [0.2, 0.25) is 17.7 Å². The summed E-state index contributed by atoms with van der Waals surface area (Å²) in [7, 11) is 0. The Morgan fingerprint density at radius 3 is 1.68 bits per heavy atom. The molecule has 14 nitrogen and oxygen atoms in total. The third kappa shape index (κ3) is 24.2. The van der Waals surface area contributed by atoms with Gasteiger partial charge in [-0.2, -0.15) is 0 Å². The van der Waals surface area contributed by atoms with Gasteiger partial charge in [0.15, 0.2) is 5.78 Å². The van der Waals surface area contributed by atoms with Crippen molar-refractivity contribution < 1.29 is 47.7 Å². The maximum atomic E-state index is 13.2. The molecule has 1 aliphatic heterocycles. The molecule has 0 radical (unpaired) electrons. The average molecular weight is 715 g/mol. The van der Waals surface area contributed by atoms with E-state index in [1.54, 1.807) is 0 Å². The molecule has 1 rings (SSSR count). The number of carbonyl (C=O) groups excluding carboxylic acids is 6. The summed E-state index contributed by atoms with van der Waals surface area (Å²) in [4.78, 5) is 74.0. The Balaban J connectivity index is 0.00000445. The van der Waals surface area contributed by atoms with E-state index >= 15 is 0 Å². The van der Waals surface area contributed by atoms with Crippen LogP contribution in [-0.2, 0) is 42.9 Å². The number of urea groups is 1. The van der Waals surface area contributed by atoms with Gasteiger partial charge in [-0.05, 0) is 24.2 Å². The molecule has 0 saturated carbocycles. The largest absolute Gasteiger partial charge is 0.379 e. The second-order valence-electron chi connectivity index (χ2n) is 15.3. The molecule has 2 atom stereocenters. The highest BCUT2D eigenvalue weighted by Crippen LogP contribution is 2.27. The number of imide groups is 1. The molecular formula is C36H66N4O10. The fourth-order valence-corrected chi connectivity index (χ4v) is 4.69. The van der Waals surface area contributed by atoms with Crippen molar-refractivity contribution in [2.45, 2.75) is 107 Å². The molecule has 0 aromatic heterocycles. The Bertz CT molecular complexity index is 1030. The lowest BCUT2D eigenvalue weighted by molar-refractivity contribution is -0.139. The summed E-state index contributed by atoms with van der Waals surface area (Å²) in [5.41, 5.74) is 4.97. The number of ketones is 2. The van der Waals surface area contributed by atoms with Crippen LogP contribution in [0, 0.1) is 22.7 Å². The summed E-state index contributed by atoms with van der Waals surface area (Å²) in [5.74, 6) is -1.57. The predicted octanol–water partition coefficient (Wildman–Crippen LogP) is 3.42. The van der Waals surface area contributed by atoms with E-state index in [-0.39, 0.29) is 87.3 Å². The first-order valence-corrected chi connectivity index (χ1v) is 17.8. The number of primary amides is 1. The van der Waals surface area contributed by atoms with E-state index in [1.807, 2.05) is 34.6 Å². The minimum atomic E-state index is -0.733. The van der Waals surface area contributed by atoms with E-state index in [0.29, 0.717) is 57.8 Å². The highest BCUT2D eigenvalue weighted by molar-refractivity contribution is 6.01. The normalized spacial score (nSPS) is 14.6. The first-order chi connectivity index (χ1) is 23.2. The minimum absolute atomic E-state index is 0.00342. The minimum Gasteiger partial charge on any atom is -0.379 e. The Hall–Kier alpha value is -2.94. The SMILES string of the molecule is CC(C)(C)C.CC(C)[C@H](NC(=O)CCOCCOCCOCCOCCN1C(=O)CCC1=O)C(=O)C[C@@H](CCCNC(N)=O)C(=O)C(C)(C)C. The summed E-state index contributed by atoms with van der Waals surface area (Å²) in [6.07, 6.45) is 1.54. The fourth-order valence-electron chi connectivity index (χ4n) is 4.69. The number of rotatable bonds is 25. The van der Waals surface area contributed by atoms with Gasteiger partial charge >= 0.3 is 6.03 Å². The van der Waals surface area contributed by atoms with Crippen molar-refractivity contribution in [1.29, 1.82) is 0 Å². The van der Waals surface area contributed by atoms with Crippen molar-refractivity contribution in [2.24, 2.45) is 28.4 Å². The number of carbonyl (C=O) groups is 6. The second kappa shape index (κ2) is 25.1. The van der Waals surface area contributed by atoms with Crippen molar-refractivity contribution in [2.75, 3.05) is 65.9 Å². The molecule has 4 N–H and O–H groups in total. The number of nitrogens with two attached hydrogens (primary N) is 1. The number of hydrogen-bond donors (Lipinski definition) is 3. The maximum absolute atomic E-state index is 13.2. The molecule has 50 heavy (non-hydrogen) atoms. The van der Waals surface area contributed by atoms with Crippen LogP contribution in [-0.4, -0.2) is 112 Å². The summed E-state index contributed by atoms with van der Waals surface area (Å²) >= 11 is 0. The topological polar surface area (TPSA) is 193 Å². The molecule has 1 saturated heterocycles. The molecule has 1 aliphatic rings. The Labute approximate surface area is 299 Å². The number of nitrogens with zero attached hydrogens (tertiary/aromatic N) is 1. The van der Waals surface area contributed by atoms with Crippen LogP contribution in [0.4, 0.5) is 4.79 Å². The van der Waals surface area contributed by atoms with E-state index in [4.69, 9.17) is 24.7 Å². The fraction of sp³-hybridized carbons (Fsp3) is 0.833. The number of likely N-dealkylation sites (tertiary alicyclic amines) is 1. The second-order valence-corrected chi connectivity index (χ2v) is 15.3. The van der Waals surface area contributed by atoms with Gasteiger partial charge in [-0.25, -0.2) is 4.79 Å². The smallest absolute Gasteiger partial charge is 0.312 e. The van der Waals surface area contributed by atoms with Crippen LogP contribution >= 0.6 is 0 Å². The van der Waals surface area contributed by atoms with Crippen LogP contribution in [0.5, 0.6) is 0 Å². The first kappa shape index (κ1) is 47.1. The molecular weight excluding hydrogens is 648 g/mol. The van der Waals surface area contributed by atoms with E-state index in [0.717, 1.165) is 0 Å². The molecule has 0 spiro atoms. The van der Waals surface area contributed by atoms with Gasteiger partial charge in [0.1, 0.15) is 5.78 Å². The lowest BCUT2D eigenvalue weighted by atomic mass is 9.78. The van der Waals surface area contributed by atoms with Crippen molar-refractivity contribution in [1.82, 2.24) is 15.5 Å². The van der Waals surface area contributed by atoms with Crippen LogP contribution < -0.4 is 16.4 Å². The van der Waals surface area contributed by atoms with E-state index in [9.17, 15) is 28.8 Å². The van der Waals surface area contributed by atoms with Gasteiger partial charge in [-0.1, -0.05) is 62.3 Å². The van der Waals surface area contributed by atoms with Gasteiger partial charge in [0.25, 0.3) is 0 Å². The van der Waals surface area contributed by atoms with Crippen LogP contribution in [0.15, 0.2) is 0 Å². The number of hydrogen-bond acceptors (Lipinski definition) is 10. The van der Waals surface area contributed by atoms with Crippen LogP contribution in [0.25, 0.3) is 0 Å². The van der Waals surface area contributed by atoms with Crippen LogP contribution in [0.2, 0.25) is 0 Å². The van der Waals surface area contributed by atoms with E-state index < -0.39 is 23.4 Å². The molecule has 14 heteroatoms. The monoisotopic (exact) mass is 714 g/mol. The number of Topliss-reactive ketones (excluding diaryl/α,β-unsaturated/α-hetero) is 2. The third-order valence-corrected chi connectivity index (χ3v) is 7.12. The van der Waals surface area contributed by atoms with Crippen molar-refractivity contribution >= 4 is 35.3 Å². The lowest BCUT2D eigenvalue weighted by Gasteiger charge is -2.27. The molecule has 5 amide bonds. The zero-order valence-electron chi connectivity index (χ0n) is 32.2. The molecule has 0 aliphatic carbocycles. The molecule has 290 valence electrons. The Morgan fingerprint density at radius 2 is 1.24 bits per heavy atom. The van der Waals surface area contributed by atoms with Crippen molar-refractivity contribution in [3.05, 3.63) is 0 Å². The van der Waals surface area contributed by atoms with Gasteiger partial charge < -0.3 is 35.3 Å². The first-order valence-electron chi connectivity index (χ1n) is 17.8. The molecule has 1 fully saturated rings. The summed E-state index contributed by atoms with van der Waals surface area (Å²) < 4.78 is 21.7. The van der Waals surface area contributed by atoms with Crippen molar-refractivity contribution in [3.63, 3.8) is 0 Å². The number of ether oxygens (including phenoxy) is 4. The van der Waals surface area contributed by atoms with Crippen LogP contribution in [0.3, 0.4) is 0 Å².